The molecule has 1 N–H and O–H groups in total. The van der Waals surface area contributed by atoms with E-state index < -0.39 is 0 Å². The lowest BCUT2D eigenvalue weighted by Crippen LogP contribution is -2.42. The maximum atomic E-state index is 12.9. The maximum Gasteiger partial charge on any atom is 0.289 e. The van der Waals surface area contributed by atoms with Gasteiger partial charge in [0.25, 0.3) is 5.91 Å². The number of nitrogens with zero attached hydrogens (tertiary/aromatic N) is 1. The molecule has 25 heavy (non-hydrogen) atoms. The van der Waals surface area contributed by atoms with Crippen molar-refractivity contribution >= 4 is 5.91 Å². The Hall–Kier alpha value is -2.34. The van der Waals surface area contributed by atoms with E-state index in [2.05, 4.69) is 5.32 Å². The van der Waals surface area contributed by atoms with Crippen molar-refractivity contribution in [2.75, 3.05) is 26.7 Å². The number of benzene rings is 1. The molecule has 0 spiro atoms. The maximum absolute atomic E-state index is 12.9. The lowest BCUT2D eigenvalue weighted by Gasteiger charge is -2.32. The van der Waals surface area contributed by atoms with Crippen molar-refractivity contribution in [3.63, 3.8) is 0 Å². The van der Waals surface area contributed by atoms with Crippen LogP contribution >= 0.6 is 0 Å². The zero-order valence-electron chi connectivity index (χ0n) is 14.3. The molecule has 0 radical (unpaired) electrons. The number of nitrogens with one attached hydrogen (secondary N) is 1. The number of furan rings is 1. The molecule has 1 aromatic carbocycles. The highest BCUT2D eigenvalue weighted by Gasteiger charge is 2.25. The van der Waals surface area contributed by atoms with Gasteiger partial charge >= 0.3 is 0 Å². The number of halogens is 1. The van der Waals surface area contributed by atoms with Crippen LogP contribution in [0.1, 0.15) is 29.2 Å². The summed E-state index contributed by atoms with van der Waals surface area (Å²) in [5.41, 5.74) is 0. The van der Waals surface area contributed by atoms with E-state index in [1.54, 1.807) is 24.3 Å². The van der Waals surface area contributed by atoms with E-state index in [1.807, 2.05) is 11.9 Å². The van der Waals surface area contributed by atoms with Crippen LogP contribution in [-0.2, 0) is 6.61 Å². The van der Waals surface area contributed by atoms with E-state index in [0.717, 1.165) is 32.5 Å². The van der Waals surface area contributed by atoms with E-state index in [9.17, 15) is 9.18 Å². The molecule has 1 saturated heterocycles. The minimum atomic E-state index is -0.309. The summed E-state index contributed by atoms with van der Waals surface area (Å²) in [7, 11) is 1.93. The molecule has 1 amide bonds. The van der Waals surface area contributed by atoms with Gasteiger partial charge in [-0.05, 0) is 68.8 Å². The summed E-state index contributed by atoms with van der Waals surface area (Å²) in [6, 6.07) is 9.22. The molecule has 0 bridgehead atoms. The molecule has 1 aromatic heterocycles. The Morgan fingerprint density at radius 1 is 1.32 bits per heavy atom. The first-order valence-electron chi connectivity index (χ1n) is 8.56. The van der Waals surface area contributed by atoms with Crippen molar-refractivity contribution in [2.24, 2.45) is 5.92 Å². The highest BCUT2D eigenvalue weighted by atomic mass is 19.1. The normalized spacial score (nSPS) is 17.5. The monoisotopic (exact) mass is 346 g/mol. The van der Waals surface area contributed by atoms with Crippen molar-refractivity contribution in [1.82, 2.24) is 10.2 Å². The molecule has 1 unspecified atom stereocenters. The van der Waals surface area contributed by atoms with Crippen LogP contribution in [-0.4, -0.2) is 37.5 Å². The van der Waals surface area contributed by atoms with Gasteiger partial charge in [0, 0.05) is 13.1 Å². The Balaban J connectivity index is 1.56. The topological polar surface area (TPSA) is 54.7 Å². The van der Waals surface area contributed by atoms with Gasteiger partial charge in [0.05, 0.1) is 0 Å². The number of amides is 1. The van der Waals surface area contributed by atoms with Crippen molar-refractivity contribution < 1.29 is 18.3 Å². The fourth-order valence-electron chi connectivity index (χ4n) is 3.12. The number of likely N-dealkylation sites (tertiary alicyclic amines) is 1. The average molecular weight is 346 g/mol. The molecule has 134 valence electrons. The molecule has 0 aliphatic carbocycles. The lowest BCUT2D eigenvalue weighted by molar-refractivity contribution is 0.0638. The van der Waals surface area contributed by atoms with Crippen molar-refractivity contribution in [2.45, 2.75) is 19.4 Å². The number of hydrogen-bond donors (Lipinski definition) is 1. The van der Waals surface area contributed by atoms with Crippen molar-refractivity contribution in [1.29, 1.82) is 0 Å². The third-order valence-corrected chi connectivity index (χ3v) is 4.37. The molecule has 2 heterocycles. The van der Waals surface area contributed by atoms with Gasteiger partial charge in [0.1, 0.15) is 23.9 Å². The molecule has 3 rings (SSSR count). The summed E-state index contributed by atoms with van der Waals surface area (Å²) < 4.78 is 24.0. The summed E-state index contributed by atoms with van der Waals surface area (Å²) in [4.78, 5) is 14.5. The smallest absolute Gasteiger partial charge is 0.289 e. The van der Waals surface area contributed by atoms with Gasteiger partial charge in [-0.15, -0.1) is 0 Å². The van der Waals surface area contributed by atoms with Gasteiger partial charge in [-0.3, -0.25) is 4.79 Å². The van der Waals surface area contributed by atoms with Gasteiger partial charge in [0.2, 0.25) is 0 Å². The fourth-order valence-corrected chi connectivity index (χ4v) is 3.12. The van der Waals surface area contributed by atoms with Gasteiger partial charge in [0.15, 0.2) is 5.76 Å². The highest BCUT2D eigenvalue weighted by Crippen LogP contribution is 2.20. The Morgan fingerprint density at radius 3 is 2.88 bits per heavy atom. The minimum absolute atomic E-state index is 0.0752. The van der Waals surface area contributed by atoms with Crippen LogP contribution in [0, 0.1) is 11.7 Å². The molecule has 1 aliphatic heterocycles. The average Bonchev–Trinajstić information content (AvgIpc) is 3.10. The summed E-state index contributed by atoms with van der Waals surface area (Å²) in [6.07, 6.45) is 2.15. The third kappa shape index (κ3) is 4.60. The van der Waals surface area contributed by atoms with E-state index in [1.165, 1.54) is 12.1 Å². The third-order valence-electron chi connectivity index (χ3n) is 4.37. The largest absolute Gasteiger partial charge is 0.486 e. The summed E-state index contributed by atoms with van der Waals surface area (Å²) in [6.45, 7) is 2.63. The predicted octanol–water partition coefficient (Wildman–Crippen LogP) is 3.07. The molecule has 2 aromatic rings. The van der Waals surface area contributed by atoms with Crippen LogP contribution in [0.5, 0.6) is 5.75 Å². The van der Waals surface area contributed by atoms with Crippen LogP contribution in [0.2, 0.25) is 0 Å². The SMILES string of the molecule is CNCC1CCCN(C(=O)c2ccc(COc3ccc(F)cc3)o2)C1. The second kappa shape index (κ2) is 8.16. The van der Waals surface area contributed by atoms with Gasteiger partial charge in [-0.1, -0.05) is 0 Å². The molecule has 0 saturated carbocycles. The zero-order valence-corrected chi connectivity index (χ0v) is 14.3. The molecule has 1 aliphatic rings. The predicted molar refractivity (Wildman–Crippen MR) is 92.0 cm³/mol. The molecular weight excluding hydrogens is 323 g/mol. The molecule has 5 nitrogen and oxygen atoms in total. The summed E-state index contributed by atoms with van der Waals surface area (Å²) in [5, 5.41) is 3.18. The first-order valence-corrected chi connectivity index (χ1v) is 8.56. The van der Waals surface area contributed by atoms with Gasteiger partial charge in [-0.2, -0.15) is 0 Å². The Labute approximate surface area is 146 Å². The Kier molecular flexibility index (Phi) is 5.71. The number of ether oxygens (including phenoxy) is 1. The molecule has 1 atom stereocenters. The van der Waals surface area contributed by atoms with Crippen molar-refractivity contribution in [3.05, 3.63) is 53.7 Å². The number of piperidine rings is 1. The van der Waals surface area contributed by atoms with E-state index in [4.69, 9.17) is 9.15 Å². The van der Waals surface area contributed by atoms with E-state index >= 15 is 0 Å². The van der Waals surface area contributed by atoms with Gasteiger partial charge in [-0.25, -0.2) is 4.39 Å². The quantitative estimate of drug-likeness (QED) is 0.873. The highest BCUT2D eigenvalue weighted by molar-refractivity contribution is 5.91. The second-order valence-corrected chi connectivity index (χ2v) is 6.33. The van der Waals surface area contributed by atoms with Crippen LogP contribution < -0.4 is 10.1 Å². The zero-order chi connectivity index (χ0) is 17.6. The number of carbonyl (C=O) groups is 1. The van der Waals surface area contributed by atoms with Gasteiger partial charge < -0.3 is 19.4 Å². The van der Waals surface area contributed by atoms with Crippen LogP contribution in [0.25, 0.3) is 0 Å². The Bertz CT molecular complexity index is 697. The lowest BCUT2D eigenvalue weighted by atomic mass is 9.98. The standard InChI is InChI=1S/C19H23FN2O3/c1-21-11-14-3-2-10-22(12-14)19(23)18-9-8-17(25-18)13-24-16-6-4-15(20)5-7-16/h4-9,14,21H,2-3,10-13H2,1H3. The first-order chi connectivity index (χ1) is 12.2. The molecule has 6 heteroatoms. The second-order valence-electron chi connectivity index (χ2n) is 6.33. The molecule has 1 fully saturated rings. The van der Waals surface area contributed by atoms with E-state index in [0.29, 0.717) is 23.2 Å². The summed E-state index contributed by atoms with van der Waals surface area (Å²) in [5.74, 6) is 1.56. The van der Waals surface area contributed by atoms with E-state index in [-0.39, 0.29) is 18.3 Å². The molecular formula is C19H23FN2O3. The Morgan fingerprint density at radius 2 is 2.12 bits per heavy atom. The fraction of sp³-hybridized carbons (Fsp3) is 0.421. The minimum Gasteiger partial charge on any atom is -0.486 e. The summed E-state index contributed by atoms with van der Waals surface area (Å²) >= 11 is 0. The number of hydrogen-bond acceptors (Lipinski definition) is 4. The first kappa shape index (κ1) is 17.5. The number of rotatable bonds is 6. The van der Waals surface area contributed by atoms with Crippen LogP contribution in [0.15, 0.2) is 40.8 Å². The number of carbonyl (C=O) groups excluding carboxylic acids is 1. The van der Waals surface area contributed by atoms with Crippen molar-refractivity contribution in [3.8, 4) is 5.75 Å². The van der Waals surface area contributed by atoms with Crippen LogP contribution in [0.3, 0.4) is 0 Å². The van der Waals surface area contributed by atoms with Crippen LogP contribution in [0.4, 0.5) is 4.39 Å².